The Morgan fingerprint density at radius 1 is 0.968 bits per heavy atom. The van der Waals surface area contributed by atoms with Gasteiger partial charge in [-0.05, 0) is 35.9 Å². The molecule has 0 radical (unpaired) electrons. The van der Waals surface area contributed by atoms with Crippen LogP contribution in [0.4, 0.5) is 17.1 Å². The van der Waals surface area contributed by atoms with Crippen LogP contribution >= 0.6 is 0 Å². The van der Waals surface area contributed by atoms with Gasteiger partial charge in [-0.2, -0.15) is 13.5 Å². The minimum Gasteiger partial charge on any atom is -0.506 e. The molecule has 4 N–H and O–H groups in total. The third-order valence-electron chi connectivity index (χ3n) is 3.97. The van der Waals surface area contributed by atoms with E-state index in [1.807, 2.05) is 30.3 Å². The highest BCUT2D eigenvalue weighted by molar-refractivity contribution is 7.85. The first kappa shape index (κ1) is 21.6. The summed E-state index contributed by atoms with van der Waals surface area (Å²) in [5, 5.41) is 31.1. The average molecular weight is 440 g/mol. The van der Waals surface area contributed by atoms with E-state index < -0.39 is 26.7 Å². The Balaban J connectivity index is 1.98. The summed E-state index contributed by atoms with van der Waals surface area (Å²) in [6, 6.07) is 16.4. The van der Waals surface area contributed by atoms with Crippen molar-refractivity contribution in [1.82, 2.24) is 0 Å². The number of azo groups is 1. The van der Waals surface area contributed by atoms with Crippen molar-refractivity contribution in [2.45, 2.75) is 4.90 Å². The molecule has 0 unspecified atom stereocenters. The molecule has 3 rings (SSSR count). The highest BCUT2D eigenvalue weighted by Gasteiger charge is 2.16. The Hall–Kier alpha value is -4.09. The van der Waals surface area contributed by atoms with Crippen LogP contribution in [0.15, 0.2) is 87.0 Å². The second-order valence-corrected chi connectivity index (χ2v) is 7.53. The van der Waals surface area contributed by atoms with Crippen LogP contribution in [0.25, 0.3) is 0 Å². The highest BCUT2D eigenvalue weighted by Crippen LogP contribution is 2.34. The molecule has 3 aromatic carbocycles. The van der Waals surface area contributed by atoms with Gasteiger partial charge in [-0.3, -0.25) is 9.98 Å². The standard InChI is InChI=1S/C20H16N4O6S/c25-18-10-9-14(31(28,29)30)11-17(18)23-24-19-15(20(26)27)7-4-8-16(19)22-21-12-13-5-2-1-3-6-13/h1-12,22,25H,(H,26,27)(H,28,29,30). The van der Waals surface area contributed by atoms with Crippen molar-refractivity contribution < 1.29 is 28.0 Å². The number of aromatic carboxylic acids is 1. The smallest absolute Gasteiger partial charge is 0.338 e. The van der Waals surface area contributed by atoms with E-state index in [0.717, 1.165) is 23.8 Å². The molecule has 0 atom stereocenters. The van der Waals surface area contributed by atoms with Crippen molar-refractivity contribution in [3.8, 4) is 5.75 Å². The number of aromatic hydroxyl groups is 1. The molecule has 0 spiro atoms. The molecule has 10 nitrogen and oxygen atoms in total. The van der Waals surface area contributed by atoms with Crippen LogP contribution in [0, 0.1) is 0 Å². The van der Waals surface area contributed by atoms with Gasteiger partial charge in [0.15, 0.2) is 0 Å². The lowest BCUT2D eigenvalue weighted by Crippen LogP contribution is -1.99. The van der Waals surface area contributed by atoms with E-state index in [1.54, 1.807) is 0 Å². The molecule has 0 saturated carbocycles. The summed E-state index contributed by atoms with van der Waals surface area (Å²) in [7, 11) is -4.53. The number of nitrogens with zero attached hydrogens (tertiary/aromatic N) is 3. The molecule has 0 fully saturated rings. The van der Waals surface area contributed by atoms with E-state index in [9.17, 15) is 23.4 Å². The van der Waals surface area contributed by atoms with E-state index >= 15 is 0 Å². The molecule has 0 aliphatic carbocycles. The number of phenols is 1. The number of hydrazone groups is 1. The topological polar surface area (TPSA) is 161 Å². The molecular weight excluding hydrogens is 424 g/mol. The fraction of sp³-hybridized carbons (Fsp3) is 0. The maximum absolute atomic E-state index is 11.6. The van der Waals surface area contributed by atoms with Gasteiger partial charge in [0.05, 0.1) is 22.4 Å². The zero-order chi connectivity index (χ0) is 22.4. The third-order valence-corrected chi connectivity index (χ3v) is 4.82. The molecule has 0 aliphatic heterocycles. The number of anilines is 1. The first-order valence-electron chi connectivity index (χ1n) is 8.68. The Morgan fingerprint density at radius 3 is 2.39 bits per heavy atom. The van der Waals surface area contributed by atoms with E-state index in [1.165, 1.54) is 24.4 Å². The fourth-order valence-electron chi connectivity index (χ4n) is 2.48. The van der Waals surface area contributed by atoms with Crippen LogP contribution < -0.4 is 5.43 Å². The molecule has 0 amide bonds. The summed E-state index contributed by atoms with van der Waals surface area (Å²) in [5.41, 5.74) is 3.13. The summed E-state index contributed by atoms with van der Waals surface area (Å²) in [5.74, 6) is -1.69. The second-order valence-electron chi connectivity index (χ2n) is 6.11. The lowest BCUT2D eigenvalue weighted by atomic mass is 10.1. The number of carboxylic acids is 1. The van der Waals surface area contributed by atoms with Crippen molar-refractivity contribution in [2.75, 3.05) is 5.43 Å². The summed E-state index contributed by atoms with van der Waals surface area (Å²) in [4.78, 5) is 11.1. The first-order chi connectivity index (χ1) is 14.8. The Bertz CT molecular complexity index is 1270. The van der Waals surface area contributed by atoms with Crippen LogP contribution in [0.5, 0.6) is 5.75 Å². The van der Waals surface area contributed by atoms with Gasteiger partial charge in [-0.1, -0.05) is 36.4 Å². The predicted octanol–water partition coefficient (Wildman–Crippen LogP) is 4.20. The van der Waals surface area contributed by atoms with Crippen LogP contribution in [0.1, 0.15) is 15.9 Å². The van der Waals surface area contributed by atoms with Gasteiger partial charge >= 0.3 is 5.97 Å². The van der Waals surface area contributed by atoms with Gasteiger partial charge in [-0.25, -0.2) is 4.79 Å². The number of hydrogen-bond acceptors (Lipinski definition) is 8. The summed E-state index contributed by atoms with van der Waals surface area (Å²) in [6.07, 6.45) is 1.52. The highest BCUT2D eigenvalue weighted by atomic mass is 32.2. The van der Waals surface area contributed by atoms with Crippen molar-refractivity contribution in [3.05, 3.63) is 77.9 Å². The molecule has 0 bridgehead atoms. The van der Waals surface area contributed by atoms with Crippen LogP contribution in [-0.4, -0.2) is 35.4 Å². The molecule has 11 heteroatoms. The lowest BCUT2D eigenvalue weighted by Gasteiger charge is -2.07. The number of carbonyl (C=O) groups is 1. The van der Waals surface area contributed by atoms with Gasteiger partial charge in [0.25, 0.3) is 10.1 Å². The zero-order valence-corrected chi connectivity index (χ0v) is 16.6. The minimum atomic E-state index is -4.53. The van der Waals surface area contributed by atoms with Gasteiger partial charge in [0, 0.05) is 0 Å². The molecule has 158 valence electrons. The van der Waals surface area contributed by atoms with Gasteiger partial charge in [0.2, 0.25) is 0 Å². The number of hydrogen-bond donors (Lipinski definition) is 4. The lowest BCUT2D eigenvalue weighted by molar-refractivity contribution is 0.0697. The molecule has 0 heterocycles. The predicted molar refractivity (Wildman–Crippen MR) is 113 cm³/mol. The summed E-state index contributed by atoms with van der Waals surface area (Å²) < 4.78 is 31.8. The Morgan fingerprint density at radius 2 is 1.71 bits per heavy atom. The molecule has 3 aromatic rings. The molecule has 0 aliphatic rings. The first-order valence-corrected chi connectivity index (χ1v) is 10.1. The molecule has 31 heavy (non-hydrogen) atoms. The fourth-order valence-corrected chi connectivity index (χ4v) is 2.98. The van der Waals surface area contributed by atoms with Crippen molar-refractivity contribution in [1.29, 1.82) is 0 Å². The van der Waals surface area contributed by atoms with Gasteiger partial charge < -0.3 is 10.2 Å². The monoisotopic (exact) mass is 440 g/mol. The van der Waals surface area contributed by atoms with Gasteiger partial charge in [-0.15, -0.1) is 10.2 Å². The minimum absolute atomic E-state index is 0.100. The average Bonchev–Trinajstić information content (AvgIpc) is 2.73. The SMILES string of the molecule is O=C(O)c1cccc(NN=Cc2ccccc2)c1N=Nc1cc(S(=O)(=O)O)ccc1O. The zero-order valence-electron chi connectivity index (χ0n) is 15.7. The Labute approximate surface area is 177 Å². The van der Waals surface area contributed by atoms with Crippen molar-refractivity contribution in [3.63, 3.8) is 0 Å². The maximum atomic E-state index is 11.6. The van der Waals surface area contributed by atoms with Crippen molar-refractivity contribution >= 4 is 39.4 Å². The molecule has 0 aromatic heterocycles. The normalized spacial score (nSPS) is 11.8. The van der Waals surface area contributed by atoms with Crippen LogP contribution in [0.3, 0.4) is 0 Å². The van der Waals surface area contributed by atoms with E-state index in [2.05, 4.69) is 20.8 Å². The Kier molecular flexibility index (Phi) is 6.38. The van der Waals surface area contributed by atoms with Crippen LogP contribution in [-0.2, 0) is 10.1 Å². The molecule has 0 saturated heterocycles. The second kappa shape index (κ2) is 9.15. The number of nitrogens with one attached hydrogen (secondary N) is 1. The number of rotatable bonds is 7. The quantitative estimate of drug-likeness (QED) is 0.185. The number of benzene rings is 3. The maximum Gasteiger partial charge on any atom is 0.338 e. The number of phenolic OH excluding ortho intramolecular Hbond substituents is 1. The summed E-state index contributed by atoms with van der Waals surface area (Å²) in [6.45, 7) is 0. The van der Waals surface area contributed by atoms with E-state index in [4.69, 9.17) is 4.55 Å². The third kappa shape index (κ3) is 5.50. The van der Waals surface area contributed by atoms with E-state index in [0.29, 0.717) is 0 Å². The van der Waals surface area contributed by atoms with Crippen LogP contribution in [0.2, 0.25) is 0 Å². The summed E-state index contributed by atoms with van der Waals surface area (Å²) >= 11 is 0. The van der Waals surface area contributed by atoms with E-state index in [-0.39, 0.29) is 22.6 Å². The molecular formula is C20H16N4O6S. The number of carboxylic acid groups (broad SMARTS) is 1. The van der Waals surface area contributed by atoms with Crippen molar-refractivity contribution in [2.24, 2.45) is 15.3 Å². The van der Waals surface area contributed by atoms with Gasteiger partial charge in [0.1, 0.15) is 17.1 Å². The largest absolute Gasteiger partial charge is 0.506 e.